The summed E-state index contributed by atoms with van der Waals surface area (Å²) in [5, 5.41) is 0. The van der Waals surface area contributed by atoms with Crippen LogP contribution in [0.1, 0.15) is 12.8 Å². The number of hydrogen-bond donors (Lipinski definition) is 1. The Morgan fingerprint density at radius 3 is 3.10 bits per heavy atom. The van der Waals surface area contributed by atoms with Gasteiger partial charge in [0.15, 0.2) is 0 Å². The van der Waals surface area contributed by atoms with E-state index in [1.165, 1.54) is 25.9 Å². The smallest absolute Gasteiger partial charge is 0.00126 e. The number of nitrogens with two attached hydrogens (primary N) is 1. The Bertz CT molecular complexity index is 146. The fourth-order valence-corrected chi connectivity index (χ4v) is 2.23. The van der Waals surface area contributed by atoms with Crippen molar-refractivity contribution in [2.24, 2.45) is 17.1 Å². The third-order valence-corrected chi connectivity index (χ3v) is 3.29. The third kappa shape index (κ3) is 0.789. The maximum absolute atomic E-state index is 5.71. The van der Waals surface area contributed by atoms with Crippen LogP contribution in [0.15, 0.2) is 0 Å². The Labute approximate surface area is 62.4 Å². The number of likely N-dealkylation sites (tertiary alicyclic amines) is 1. The van der Waals surface area contributed by atoms with Crippen LogP contribution in [0.4, 0.5) is 0 Å². The van der Waals surface area contributed by atoms with E-state index in [1.807, 2.05) is 0 Å². The first-order valence-electron chi connectivity index (χ1n) is 4.15. The standard InChI is InChI=1S/C8H16N2/c1-10-3-2-8(6-9)4-7(8)5-10/h7H,2-6,9H2,1H3. The van der Waals surface area contributed by atoms with Crippen molar-refractivity contribution in [2.75, 3.05) is 26.7 Å². The molecular weight excluding hydrogens is 124 g/mol. The molecule has 1 saturated carbocycles. The summed E-state index contributed by atoms with van der Waals surface area (Å²) in [5.41, 5.74) is 6.31. The van der Waals surface area contributed by atoms with E-state index < -0.39 is 0 Å². The van der Waals surface area contributed by atoms with E-state index in [0.29, 0.717) is 5.41 Å². The van der Waals surface area contributed by atoms with Crippen LogP contribution in [-0.2, 0) is 0 Å². The van der Waals surface area contributed by atoms with Gasteiger partial charge in [-0.1, -0.05) is 0 Å². The molecule has 2 rings (SSSR count). The SMILES string of the molecule is CN1CCC2(CN)CC2C1. The van der Waals surface area contributed by atoms with Crippen molar-refractivity contribution in [3.8, 4) is 0 Å². The predicted octanol–water partition coefficient (Wildman–Crippen LogP) is 0.287. The summed E-state index contributed by atoms with van der Waals surface area (Å²) < 4.78 is 0. The van der Waals surface area contributed by atoms with Crippen LogP contribution in [0.3, 0.4) is 0 Å². The second-order valence-electron chi connectivity index (χ2n) is 3.98. The molecule has 0 amide bonds. The fourth-order valence-electron chi connectivity index (χ4n) is 2.23. The van der Waals surface area contributed by atoms with Gasteiger partial charge in [-0.2, -0.15) is 0 Å². The summed E-state index contributed by atoms with van der Waals surface area (Å²) in [7, 11) is 2.21. The van der Waals surface area contributed by atoms with Crippen LogP contribution in [0.5, 0.6) is 0 Å². The van der Waals surface area contributed by atoms with Crippen LogP contribution in [0.2, 0.25) is 0 Å². The summed E-state index contributed by atoms with van der Waals surface area (Å²) in [6.07, 6.45) is 2.73. The summed E-state index contributed by atoms with van der Waals surface area (Å²) in [6, 6.07) is 0. The van der Waals surface area contributed by atoms with Crippen LogP contribution in [0, 0.1) is 11.3 Å². The van der Waals surface area contributed by atoms with Gasteiger partial charge in [-0.05, 0) is 44.3 Å². The molecule has 2 unspecified atom stereocenters. The summed E-state index contributed by atoms with van der Waals surface area (Å²) >= 11 is 0. The molecular formula is C8H16N2. The molecule has 2 heteroatoms. The number of fused-ring (bicyclic) bond motifs is 1. The van der Waals surface area contributed by atoms with E-state index in [9.17, 15) is 0 Å². The maximum Gasteiger partial charge on any atom is 0.00126 e. The third-order valence-electron chi connectivity index (χ3n) is 3.29. The highest BCUT2D eigenvalue weighted by atomic mass is 15.1. The highest BCUT2D eigenvalue weighted by molar-refractivity contribution is 5.06. The maximum atomic E-state index is 5.71. The molecule has 0 aromatic rings. The Balaban J connectivity index is 1.98. The average Bonchev–Trinajstić information content (AvgIpc) is 2.62. The number of hydrogen-bond acceptors (Lipinski definition) is 2. The Hall–Kier alpha value is -0.0800. The Morgan fingerprint density at radius 2 is 2.50 bits per heavy atom. The number of nitrogens with zero attached hydrogens (tertiary/aromatic N) is 1. The number of piperidine rings is 1. The fraction of sp³-hybridized carbons (Fsp3) is 1.00. The molecule has 0 aromatic carbocycles. The van der Waals surface area contributed by atoms with Gasteiger partial charge in [-0.15, -0.1) is 0 Å². The van der Waals surface area contributed by atoms with Crippen LogP contribution >= 0.6 is 0 Å². The first-order valence-corrected chi connectivity index (χ1v) is 4.15. The van der Waals surface area contributed by atoms with Gasteiger partial charge in [-0.25, -0.2) is 0 Å². The molecule has 2 atom stereocenters. The van der Waals surface area contributed by atoms with Gasteiger partial charge in [-0.3, -0.25) is 0 Å². The second-order valence-corrected chi connectivity index (χ2v) is 3.98. The molecule has 0 spiro atoms. The minimum Gasteiger partial charge on any atom is -0.330 e. The van der Waals surface area contributed by atoms with Gasteiger partial charge in [0.1, 0.15) is 0 Å². The van der Waals surface area contributed by atoms with Crippen molar-refractivity contribution < 1.29 is 0 Å². The monoisotopic (exact) mass is 140 g/mol. The molecule has 2 nitrogen and oxygen atoms in total. The summed E-state index contributed by atoms with van der Waals surface area (Å²) in [6.45, 7) is 3.47. The quantitative estimate of drug-likeness (QED) is 0.567. The van der Waals surface area contributed by atoms with Crippen LogP contribution in [-0.4, -0.2) is 31.6 Å². The minimum atomic E-state index is 0.604. The van der Waals surface area contributed by atoms with Gasteiger partial charge in [0.2, 0.25) is 0 Å². The van der Waals surface area contributed by atoms with Gasteiger partial charge in [0.05, 0.1) is 0 Å². The van der Waals surface area contributed by atoms with Crippen molar-refractivity contribution in [2.45, 2.75) is 12.8 Å². The van der Waals surface area contributed by atoms with Crippen molar-refractivity contribution in [1.29, 1.82) is 0 Å². The topological polar surface area (TPSA) is 29.3 Å². The van der Waals surface area contributed by atoms with Gasteiger partial charge in [0, 0.05) is 6.54 Å². The van der Waals surface area contributed by atoms with E-state index in [1.54, 1.807) is 0 Å². The van der Waals surface area contributed by atoms with Crippen molar-refractivity contribution >= 4 is 0 Å². The summed E-state index contributed by atoms with van der Waals surface area (Å²) in [4.78, 5) is 2.42. The lowest BCUT2D eigenvalue weighted by Crippen LogP contribution is -2.34. The van der Waals surface area contributed by atoms with E-state index in [4.69, 9.17) is 5.73 Å². The van der Waals surface area contributed by atoms with Gasteiger partial charge in [0.25, 0.3) is 0 Å². The lowest BCUT2D eigenvalue weighted by molar-refractivity contribution is 0.215. The largest absolute Gasteiger partial charge is 0.330 e. The highest BCUT2D eigenvalue weighted by Gasteiger charge is 2.54. The molecule has 1 aliphatic heterocycles. The molecule has 1 heterocycles. The lowest BCUT2D eigenvalue weighted by atomic mass is 9.96. The van der Waals surface area contributed by atoms with Gasteiger partial charge < -0.3 is 10.6 Å². The minimum absolute atomic E-state index is 0.604. The molecule has 0 radical (unpaired) electrons. The Kier molecular flexibility index (Phi) is 1.29. The average molecular weight is 140 g/mol. The van der Waals surface area contributed by atoms with E-state index in [-0.39, 0.29) is 0 Å². The molecule has 2 N–H and O–H groups in total. The first-order chi connectivity index (χ1) is 4.77. The molecule has 0 bridgehead atoms. The molecule has 1 aliphatic carbocycles. The molecule has 1 saturated heterocycles. The first kappa shape index (κ1) is 6.62. The molecule has 10 heavy (non-hydrogen) atoms. The van der Waals surface area contributed by atoms with Crippen LogP contribution < -0.4 is 5.73 Å². The van der Waals surface area contributed by atoms with Crippen LogP contribution in [0.25, 0.3) is 0 Å². The zero-order valence-electron chi connectivity index (χ0n) is 6.64. The second kappa shape index (κ2) is 1.95. The van der Waals surface area contributed by atoms with E-state index in [2.05, 4.69) is 11.9 Å². The van der Waals surface area contributed by atoms with Crippen molar-refractivity contribution in [1.82, 2.24) is 4.90 Å². The lowest BCUT2D eigenvalue weighted by Gasteiger charge is -2.27. The molecule has 0 aromatic heterocycles. The molecule has 2 aliphatic rings. The van der Waals surface area contributed by atoms with E-state index in [0.717, 1.165) is 12.5 Å². The Morgan fingerprint density at radius 1 is 1.70 bits per heavy atom. The molecule has 2 fully saturated rings. The molecule has 58 valence electrons. The predicted molar refractivity (Wildman–Crippen MR) is 41.7 cm³/mol. The normalized spacial score (nSPS) is 46.8. The van der Waals surface area contributed by atoms with Crippen molar-refractivity contribution in [3.63, 3.8) is 0 Å². The zero-order valence-corrected chi connectivity index (χ0v) is 6.64. The zero-order chi connectivity index (χ0) is 7.19. The highest BCUT2D eigenvalue weighted by Crippen LogP contribution is 2.56. The summed E-state index contributed by atoms with van der Waals surface area (Å²) in [5.74, 6) is 0.941. The number of rotatable bonds is 1. The van der Waals surface area contributed by atoms with E-state index >= 15 is 0 Å². The van der Waals surface area contributed by atoms with Crippen molar-refractivity contribution in [3.05, 3.63) is 0 Å². The van der Waals surface area contributed by atoms with Gasteiger partial charge >= 0.3 is 0 Å².